The molecule has 0 saturated heterocycles. The fraction of sp³-hybridized carbons (Fsp3) is 1.00. The van der Waals surface area contributed by atoms with Gasteiger partial charge in [-0.1, -0.05) is 0 Å². The van der Waals surface area contributed by atoms with Gasteiger partial charge in [0.25, 0.3) is 0 Å². The fourth-order valence-corrected chi connectivity index (χ4v) is 18.6. The third-order valence-electron chi connectivity index (χ3n) is 7.90. The molecule has 32 heavy (non-hydrogen) atoms. The van der Waals surface area contributed by atoms with Crippen molar-refractivity contribution in [2.24, 2.45) is 17.8 Å². The minimum absolute atomic E-state index is 0.727. The van der Waals surface area contributed by atoms with Gasteiger partial charge in [-0.2, -0.15) is 0 Å². The van der Waals surface area contributed by atoms with E-state index in [1.165, 1.54) is 116 Å². The molecule has 0 rings (SSSR count). The average molecular weight is 562 g/mol. The van der Waals surface area contributed by atoms with Gasteiger partial charge in [-0.3, -0.25) is 0 Å². The van der Waals surface area contributed by atoms with Crippen LogP contribution >= 0.6 is 0 Å². The molecule has 0 aromatic rings. The van der Waals surface area contributed by atoms with Crippen LogP contribution in [-0.4, -0.2) is 18.8 Å². The van der Waals surface area contributed by atoms with Crippen LogP contribution in [0.1, 0.15) is 157 Å². The van der Waals surface area contributed by atoms with Crippen LogP contribution < -0.4 is 0 Å². The van der Waals surface area contributed by atoms with Crippen LogP contribution in [0.15, 0.2) is 0 Å². The van der Waals surface area contributed by atoms with E-state index in [0.29, 0.717) is 0 Å². The van der Waals surface area contributed by atoms with Gasteiger partial charge in [0.15, 0.2) is 0 Å². The Morgan fingerprint density at radius 3 is 0.938 bits per heavy atom. The van der Waals surface area contributed by atoms with E-state index in [-0.39, 0.29) is 0 Å². The molecule has 0 amide bonds. The molecule has 0 aromatic heterocycles. The molecule has 0 N–H and O–H groups in total. The Kier molecular flexibility index (Phi) is 22.5. The zero-order valence-electron chi connectivity index (χ0n) is 23.4. The summed E-state index contributed by atoms with van der Waals surface area (Å²) in [4.78, 5) is 0. The summed E-state index contributed by atoms with van der Waals surface area (Å²) < 4.78 is 18.1. The second-order valence-corrected chi connectivity index (χ2v) is 20.1. The standard InChI is InChI=1S/3C10H21.O.Sb/c3*1-4-6-7-8-9-10(3)5-2;;/h3*10H,3-9H2,1-2H3;;. The fourth-order valence-electron chi connectivity index (χ4n) is 5.49. The molecule has 0 aliphatic carbocycles. The molecule has 0 heterocycles. The summed E-state index contributed by atoms with van der Waals surface area (Å²) in [7, 11) is 0. The van der Waals surface area contributed by atoms with Crippen LogP contribution in [0, 0.1) is 17.8 Å². The van der Waals surface area contributed by atoms with Crippen LogP contribution in [0.4, 0.5) is 0 Å². The van der Waals surface area contributed by atoms with Gasteiger partial charge in [0.2, 0.25) is 0 Å². The summed E-state index contributed by atoms with van der Waals surface area (Å²) in [6, 6.07) is 0. The van der Waals surface area contributed by atoms with Crippen molar-refractivity contribution in [2.45, 2.75) is 170 Å². The zero-order chi connectivity index (χ0) is 24.1. The van der Waals surface area contributed by atoms with Gasteiger partial charge in [0.1, 0.15) is 0 Å². The van der Waals surface area contributed by atoms with Crippen molar-refractivity contribution in [1.29, 1.82) is 0 Å². The maximum absolute atomic E-state index is 14.7. The summed E-state index contributed by atoms with van der Waals surface area (Å²) in [6.07, 6.45) is 23.9. The summed E-state index contributed by atoms with van der Waals surface area (Å²) in [5, 5.41) is 0. The summed E-state index contributed by atoms with van der Waals surface area (Å²) >= 11 is -3.23. The molecule has 2 heteroatoms. The number of hydrogen-bond acceptors (Lipinski definition) is 1. The van der Waals surface area contributed by atoms with Crippen LogP contribution in [0.25, 0.3) is 0 Å². The third-order valence-corrected chi connectivity index (χ3v) is 18.0. The van der Waals surface area contributed by atoms with Gasteiger partial charge in [0.05, 0.1) is 0 Å². The summed E-state index contributed by atoms with van der Waals surface area (Å²) in [6.45, 7) is 14.0. The molecule has 0 aromatic carbocycles. The molecule has 0 radical (unpaired) electrons. The second kappa shape index (κ2) is 22.1. The van der Waals surface area contributed by atoms with Crippen LogP contribution in [0.2, 0.25) is 13.1 Å². The Morgan fingerprint density at radius 2 is 0.719 bits per heavy atom. The van der Waals surface area contributed by atoms with E-state index >= 15 is 0 Å². The SMILES string of the molecule is CCCCCCC(CC)[CH2][Sb](=[O])([CH2]C(CC)CCCCCC)[CH2]C(CC)CCCCCC. The van der Waals surface area contributed by atoms with Crippen molar-refractivity contribution in [3.63, 3.8) is 0 Å². The minimum atomic E-state index is -3.23. The molecule has 0 saturated carbocycles. The molecule has 0 bridgehead atoms. The van der Waals surface area contributed by atoms with E-state index in [1.54, 1.807) is 0 Å². The Hall–Kier alpha value is 0.618. The number of rotatable bonds is 24. The zero-order valence-corrected chi connectivity index (χ0v) is 26.0. The topological polar surface area (TPSA) is 17.1 Å². The van der Waals surface area contributed by atoms with E-state index < -0.39 is 18.8 Å². The van der Waals surface area contributed by atoms with Gasteiger partial charge < -0.3 is 0 Å². The predicted octanol–water partition coefficient (Wildman–Crippen LogP) is 11.4. The summed E-state index contributed by atoms with van der Waals surface area (Å²) in [5.74, 6) is 2.18. The van der Waals surface area contributed by atoms with Gasteiger partial charge in [-0.25, -0.2) is 0 Å². The van der Waals surface area contributed by atoms with Gasteiger partial charge in [-0.05, 0) is 0 Å². The normalized spacial score (nSPS) is 16.6. The van der Waals surface area contributed by atoms with Gasteiger partial charge >= 0.3 is 210 Å². The predicted molar refractivity (Wildman–Crippen MR) is 148 cm³/mol. The number of unbranched alkanes of at least 4 members (excludes halogenated alkanes) is 9. The van der Waals surface area contributed by atoms with Crippen molar-refractivity contribution in [1.82, 2.24) is 0 Å². The summed E-state index contributed by atoms with van der Waals surface area (Å²) in [5.41, 5.74) is 0. The molecular formula is C30H63OSb. The first-order chi connectivity index (χ1) is 15.5. The van der Waals surface area contributed by atoms with Crippen molar-refractivity contribution >= 4 is 18.8 Å². The second-order valence-electron chi connectivity index (χ2n) is 11.0. The van der Waals surface area contributed by atoms with Crippen molar-refractivity contribution in [3.05, 3.63) is 0 Å². The molecule has 0 spiro atoms. The Balaban J connectivity index is 5.14. The Labute approximate surface area is 209 Å². The average Bonchev–Trinajstić information content (AvgIpc) is 2.80. The van der Waals surface area contributed by atoms with Crippen molar-refractivity contribution in [3.8, 4) is 0 Å². The first-order valence-electron chi connectivity index (χ1n) is 15.0. The van der Waals surface area contributed by atoms with Gasteiger partial charge in [-0.15, -0.1) is 0 Å². The molecule has 0 aliphatic heterocycles. The maximum atomic E-state index is 14.7. The molecule has 0 fully saturated rings. The Bertz CT molecular complexity index is 371. The molecule has 1 nitrogen and oxygen atoms in total. The van der Waals surface area contributed by atoms with E-state index in [0.717, 1.165) is 30.9 Å². The molecule has 3 unspecified atom stereocenters. The van der Waals surface area contributed by atoms with Crippen molar-refractivity contribution in [2.75, 3.05) is 0 Å². The van der Waals surface area contributed by atoms with Crippen LogP contribution in [-0.2, 0) is 3.02 Å². The van der Waals surface area contributed by atoms with E-state index in [1.807, 2.05) is 0 Å². The number of hydrogen-bond donors (Lipinski definition) is 0. The Morgan fingerprint density at radius 1 is 0.438 bits per heavy atom. The molecule has 194 valence electrons. The molecular weight excluding hydrogens is 498 g/mol. The van der Waals surface area contributed by atoms with E-state index in [9.17, 15) is 3.02 Å². The first-order valence-corrected chi connectivity index (χ1v) is 21.5. The van der Waals surface area contributed by atoms with E-state index in [4.69, 9.17) is 0 Å². The van der Waals surface area contributed by atoms with Gasteiger partial charge in [0, 0.05) is 0 Å². The molecule has 3 atom stereocenters. The van der Waals surface area contributed by atoms with Crippen molar-refractivity contribution < 1.29 is 3.02 Å². The van der Waals surface area contributed by atoms with Crippen LogP contribution in [0.5, 0.6) is 0 Å². The quantitative estimate of drug-likeness (QED) is 0.0846. The molecule has 0 aliphatic rings. The van der Waals surface area contributed by atoms with Crippen LogP contribution in [0.3, 0.4) is 0 Å². The van der Waals surface area contributed by atoms with E-state index in [2.05, 4.69) is 41.5 Å². The third kappa shape index (κ3) is 17.1. The monoisotopic (exact) mass is 560 g/mol. The first kappa shape index (κ1) is 32.6.